The van der Waals surface area contributed by atoms with Crippen LogP contribution in [0.15, 0.2) is 24.3 Å². The van der Waals surface area contributed by atoms with Crippen LogP contribution in [0.1, 0.15) is 12.8 Å². The number of methoxy groups -OCH3 is 1. The molecular formula is C15H19N3O4. The molecule has 0 atom stereocenters. The maximum Gasteiger partial charge on any atom is 0.313 e. The molecule has 1 aromatic rings. The van der Waals surface area contributed by atoms with Crippen molar-refractivity contribution >= 4 is 23.4 Å². The van der Waals surface area contributed by atoms with Gasteiger partial charge in [0.25, 0.3) is 0 Å². The van der Waals surface area contributed by atoms with E-state index in [1.807, 2.05) is 0 Å². The van der Waals surface area contributed by atoms with Crippen LogP contribution < -0.4 is 15.8 Å². The minimum absolute atomic E-state index is 0.217. The molecule has 1 aromatic carbocycles. The number of ether oxygens (including phenoxy) is 1. The van der Waals surface area contributed by atoms with E-state index in [4.69, 9.17) is 10.5 Å². The fourth-order valence-corrected chi connectivity index (χ4v) is 2.40. The fourth-order valence-electron chi connectivity index (χ4n) is 2.40. The number of piperidine rings is 1. The predicted octanol–water partition coefficient (Wildman–Crippen LogP) is 0.358. The number of likely N-dealkylation sites (tertiary alicyclic amines) is 1. The Labute approximate surface area is 128 Å². The number of rotatable bonds is 3. The zero-order chi connectivity index (χ0) is 16.1. The van der Waals surface area contributed by atoms with E-state index in [1.54, 1.807) is 24.3 Å². The number of nitrogens with zero attached hydrogens (tertiary/aromatic N) is 1. The second-order valence-electron chi connectivity index (χ2n) is 5.15. The summed E-state index contributed by atoms with van der Waals surface area (Å²) in [5.41, 5.74) is 5.73. The Bertz CT molecular complexity index is 580. The third-order valence-corrected chi connectivity index (χ3v) is 3.71. The van der Waals surface area contributed by atoms with E-state index in [0.717, 1.165) is 0 Å². The maximum atomic E-state index is 12.1. The van der Waals surface area contributed by atoms with Crippen molar-refractivity contribution in [1.29, 1.82) is 0 Å². The van der Waals surface area contributed by atoms with Gasteiger partial charge in [-0.25, -0.2) is 0 Å². The average Bonchev–Trinajstić information content (AvgIpc) is 2.54. The number of anilines is 1. The maximum absolute atomic E-state index is 12.1. The Morgan fingerprint density at radius 3 is 2.55 bits per heavy atom. The highest BCUT2D eigenvalue weighted by atomic mass is 16.5. The van der Waals surface area contributed by atoms with E-state index in [0.29, 0.717) is 37.4 Å². The number of nitrogens with one attached hydrogen (secondary N) is 1. The van der Waals surface area contributed by atoms with Gasteiger partial charge >= 0.3 is 11.8 Å². The van der Waals surface area contributed by atoms with Crippen molar-refractivity contribution in [2.75, 3.05) is 25.5 Å². The van der Waals surface area contributed by atoms with Crippen molar-refractivity contribution in [3.63, 3.8) is 0 Å². The summed E-state index contributed by atoms with van der Waals surface area (Å²) in [7, 11) is 1.52. The number of benzene rings is 1. The predicted molar refractivity (Wildman–Crippen MR) is 80.1 cm³/mol. The molecule has 2 rings (SSSR count). The molecule has 0 unspecified atom stereocenters. The molecule has 0 aromatic heterocycles. The smallest absolute Gasteiger partial charge is 0.313 e. The van der Waals surface area contributed by atoms with Crippen LogP contribution in [0.4, 0.5) is 5.69 Å². The Morgan fingerprint density at radius 1 is 1.27 bits per heavy atom. The molecule has 0 spiro atoms. The average molecular weight is 305 g/mol. The van der Waals surface area contributed by atoms with Crippen LogP contribution in [-0.4, -0.2) is 42.8 Å². The minimum atomic E-state index is -0.703. The van der Waals surface area contributed by atoms with E-state index < -0.39 is 11.8 Å². The van der Waals surface area contributed by atoms with Gasteiger partial charge in [-0.2, -0.15) is 0 Å². The lowest BCUT2D eigenvalue weighted by molar-refractivity contribution is -0.144. The van der Waals surface area contributed by atoms with E-state index in [-0.39, 0.29) is 11.8 Å². The molecule has 118 valence electrons. The SMILES string of the molecule is COc1cccc(NC(=O)C(=O)N2CCC(C(N)=O)CC2)c1. The second-order valence-corrected chi connectivity index (χ2v) is 5.15. The largest absolute Gasteiger partial charge is 0.497 e. The summed E-state index contributed by atoms with van der Waals surface area (Å²) in [6.45, 7) is 0.718. The lowest BCUT2D eigenvalue weighted by Crippen LogP contribution is -2.46. The van der Waals surface area contributed by atoms with Crippen molar-refractivity contribution in [2.24, 2.45) is 11.7 Å². The highest BCUT2D eigenvalue weighted by Gasteiger charge is 2.29. The molecule has 0 radical (unpaired) electrons. The van der Waals surface area contributed by atoms with Gasteiger partial charge in [-0.3, -0.25) is 14.4 Å². The van der Waals surface area contributed by atoms with Gasteiger partial charge in [0, 0.05) is 30.8 Å². The topological polar surface area (TPSA) is 102 Å². The summed E-state index contributed by atoms with van der Waals surface area (Å²) < 4.78 is 5.06. The molecule has 0 bridgehead atoms. The molecule has 1 fully saturated rings. The molecular weight excluding hydrogens is 286 g/mol. The van der Waals surface area contributed by atoms with E-state index >= 15 is 0 Å². The van der Waals surface area contributed by atoms with Crippen molar-refractivity contribution in [2.45, 2.75) is 12.8 Å². The normalized spacial score (nSPS) is 15.2. The van der Waals surface area contributed by atoms with Crippen LogP contribution in [0.3, 0.4) is 0 Å². The molecule has 22 heavy (non-hydrogen) atoms. The van der Waals surface area contributed by atoms with Gasteiger partial charge in [-0.1, -0.05) is 6.07 Å². The van der Waals surface area contributed by atoms with E-state index in [2.05, 4.69) is 5.32 Å². The second kappa shape index (κ2) is 6.93. The summed E-state index contributed by atoms with van der Waals surface area (Å²) in [5, 5.41) is 2.55. The standard InChI is InChI=1S/C15H19N3O4/c1-22-12-4-2-3-11(9-12)17-14(20)15(21)18-7-5-10(6-8-18)13(16)19/h2-4,9-10H,5-8H2,1H3,(H2,16,19)(H,17,20). The molecule has 7 heteroatoms. The summed E-state index contributed by atoms with van der Waals surface area (Å²) in [6.07, 6.45) is 0.987. The molecule has 1 aliphatic heterocycles. The first kappa shape index (κ1) is 15.8. The first-order valence-corrected chi connectivity index (χ1v) is 7.05. The minimum Gasteiger partial charge on any atom is -0.497 e. The highest BCUT2D eigenvalue weighted by Crippen LogP contribution is 2.19. The summed E-state index contributed by atoms with van der Waals surface area (Å²) >= 11 is 0. The fraction of sp³-hybridized carbons (Fsp3) is 0.400. The van der Waals surface area contributed by atoms with E-state index in [9.17, 15) is 14.4 Å². The van der Waals surface area contributed by atoms with Crippen LogP contribution in [0.25, 0.3) is 0 Å². The zero-order valence-corrected chi connectivity index (χ0v) is 12.4. The number of hydrogen-bond donors (Lipinski definition) is 2. The van der Waals surface area contributed by atoms with Crippen molar-refractivity contribution < 1.29 is 19.1 Å². The van der Waals surface area contributed by atoms with Crippen molar-refractivity contribution in [3.8, 4) is 5.75 Å². The molecule has 7 nitrogen and oxygen atoms in total. The summed E-state index contributed by atoms with van der Waals surface area (Å²) in [4.78, 5) is 36.6. The Hall–Kier alpha value is -2.57. The molecule has 3 amide bonds. The third kappa shape index (κ3) is 3.75. The number of hydrogen-bond acceptors (Lipinski definition) is 4. The number of nitrogens with two attached hydrogens (primary N) is 1. The van der Waals surface area contributed by atoms with Gasteiger partial charge in [-0.15, -0.1) is 0 Å². The Kier molecular flexibility index (Phi) is 4.98. The monoisotopic (exact) mass is 305 g/mol. The number of primary amides is 1. The van der Waals surface area contributed by atoms with Gasteiger partial charge in [0.15, 0.2) is 0 Å². The van der Waals surface area contributed by atoms with Crippen molar-refractivity contribution in [1.82, 2.24) is 4.90 Å². The van der Waals surface area contributed by atoms with Gasteiger partial charge in [0.05, 0.1) is 7.11 Å². The third-order valence-electron chi connectivity index (χ3n) is 3.71. The Balaban J connectivity index is 1.92. The van der Waals surface area contributed by atoms with Gasteiger partial charge < -0.3 is 20.7 Å². The van der Waals surface area contributed by atoms with Crippen LogP contribution >= 0.6 is 0 Å². The molecule has 3 N–H and O–H groups in total. The quantitative estimate of drug-likeness (QED) is 0.787. The molecule has 0 saturated carbocycles. The van der Waals surface area contributed by atoms with Crippen LogP contribution in [-0.2, 0) is 14.4 Å². The number of amides is 3. The molecule has 1 saturated heterocycles. The molecule has 1 heterocycles. The number of carbonyl (C=O) groups excluding carboxylic acids is 3. The summed E-state index contributed by atoms with van der Waals surface area (Å²) in [5.74, 6) is -1.29. The van der Waals surface area contributed by atoms with E-state index in [1.165, 1.54) is 12.0 Å². The number of carbonyl (C=O) groups is 3. The van der Waals surface area contributed by atoms with Gasteiger partial charge in [0.2, 0.25) is 5.91 Å². The molecule has 1 aliphatic rings. The molecule has 0 aliphatic carbocycles. The first-order valence-electron chi connectivity index (χ1n) is 7.05. The van der Waals surface area contributed by atoms with Crippen LogP contribution in [0.2, 0.25) is 0 Å². The van der Waals surface area contributed by atoms with Crippen molar-refractivity contribution in [3.05, 3.63) is 24.3 Å². The Morgan fingerprint density at radius 2 is 1.95 bits per heavy atom. The zero-order valence-electron chi connectivity index (χ0n) is 12.4. The summed E-state index contributed by atoms with van der Waals surface area (Å²) in [6, 6.07) is 6.76. The van der Waals surface area contributed by atoms with Gasteiger partial charge in [0.1, 0.15) is 5.75 Å². The lowest BCUT2D eigenvalue weighted by Gasteiger charge is -2.29. The first-order chi connectivity index (χ1) is 10.5. The van der Waals surface area contributed by atoms with Crippen LogP contribution in [0.5, 0.6) is 5.75 Å². The van der Waals surface area contributed by atoms with Gasteiger partial charge in [-0.05, 0) is 25.0 Å². The highest BCUT2D eigenvalue weighted by molar-refractivity contribution is 6.39. The lowest BCUT2D eigenvalue weighted by atomic mass is 9.96. The van der Waals surface area contributed by atoms with Crippen LogP contribution in [0, 0.1) is 5.92 Å².